The van der Waals surface area contributed by atoms with Gasteiger partial charge in [-0.15, -0.1) is 0 Å². The molecule has 0 aliphatic heterocycles. The zero-order valence-corrected chi connectivity index (χ0v) is 12.1. The van der Waals surface area contributed by atoms with Gasteiger partial charge in [-0.2, -0.15) is 9.61 Å². The minimum absolute atomic E-state index is 0.488. The number of halogens is 2. The molecule has 3 N–H and O–H groups in total. The first-order valence-corrected chi connectivity index (χ1v) is 6.63. The van der Waals surface area contributed by atoms with Gasteiger partial charge in [-0.3, -0.25) is 0 Å². The fourth-order valence-corrected chi connectivity index (χ4v) is 2.30. The van der Waals surface area contributed by atoms with E-state index in [1.807, 2.05) is 25.1 Å². The van der Waals surface area contributed by atoms with Crippen molar-refractivity contribution in [2.45, 2.75) is 6.92 Å². The van der Waals surface area contributed by atoms with E-state index in [0.29, 0.717) is 21.5 Å². The summed E-state index contributed by atoms with van der Waals surface area (Å²) in [7, 11) is 0. The van der Waals surface area contributed by atoms with Crippen molar-refractivity contribution in [1.82, 2.24) is 14.6 Å². The van der Waals surface area contributed by atoms with Crippen LogP contribution >= 0.6 is 23.2 Å². The molecule has 2 aromatic heterocycles. The van der Waals surface area contributed by atoms with Crippen LogP contribution in [0.4, 0.5) is 5.82 Å². The van der Waals surface area contributed by atoms with Crippen LogP contribution in [-0.2, 0) is 0 Å². The van der Waals surface area contributed by atoms with Gasteiger partial charge >= 0.3 is 0 Å². The Hall–Kier alpha value is -1.82. The Kier molecular flexibility index (Phi) is 3.25. The number of nitrogen functional groups attached to an aromatic ring is 1. The molecule has 0 aliphatic rings. The summed E-state index contributed by atoms with van der Waals surface area (Å²) < 4.78 is 1.64. The lowest BCUT2D eigenvalue weighted by molar-refractivity contribution is 0.930. The highest BCUT2D eigenvalue weighted by Crippen LogP contribution is 2.28. The third kappa shape index (κ3) is 2.20. The van der Waals surface area contributed by atoms with Crippen LogP contribution in [0.15, 0.2) is 30.3 Å². The standard InChI is InChI=1S/C13H11Cl2N5/c1-7-4-13(18-16)20-12(17-7)6-11(19-20)8-2-3-9(14)10(15)5-8/h2-6,18H,16H2,1H3. The number of nitrogens with one attached hydrogen (secondary N) is 1. The second-order valence-corrected chi connectivity index (χ2v) is 5.17. The number of nitrogens with zero attached hydrogens (tertiary/aromatic N) is 3. The molecule has 3 aromatic rings. The molecule has 2 heterocycles. The first-order chi connectivity index (χ1) is 9.58. The van der Waals surface area contributed by atoms with Gasteiger partial charge in [0.05, 0.1) is 15.7 Å². The molecule has 0 radical (unpaired) electrons. The van der Waals surface area contributed by atoms with Gasteiger partial charge in [-0.25, -0.2) is 10.8 Å². The number of hydrogen-bond donors (Lipinski definition) is 2. The van der Waals surface area contributed by atoms with Crippen LogP contribution in [0.5, 0.6) is 0 Å². The summed E-state index contributed by atoms with van der Waals surface area (Å²) in [5.74, 6) is 6.17. The minimum Gasteiger partial charge on any atom is -0.308 e. The average Bonchev–Trinajstić information content (AvgIpc) is 2.84. The summed E-state index contributed by atoms with van der Waals surface area (Å²) in [5.41, 5.74) is 5.78. The number of fused-ring (bicyclic) bond motifs is 1. The van der Waals surface area contributed by atoms with E-state index in [4.69, 9.17) is 29.0 Å². The predicted molar refractivity (Wildman–Crippen MR) is 81.0 cm³/mol. The molecular weight excluding hydrogens is 297 g/mol. The highest BCUT2D eigenvalue weighted by atomic mass is 35.5. The summed E-state index contributed by atoms with van der Waals surface area (Å²) in [4.78, 5) is 4.42. The SMILES string of the molecule is Cc1cc(NN)n2nc(-c3ccc(Cl)c(Cl)c3)cc2n1. The maximum atomic E-state index is 6.03. The van der Waals surface area contributed by atoms with E-state index in [2.05, 4.69) is 15.5 Å². The van der Waals surface area contributed by atoms with Crippen LogP contribution in [-0.4, -0.2) is 14.6 Å². The van der Waals surface area contributed by atoms with E-state index >= 15 is 0 Å². The van der Waals surface area contributed by atoms with Crippen molar-refractivity contribution in [3.8, 4) is 11.3 Å². The van der Waals surface area contributed by atoms with E-state index in [1.54, 1.807) is 16.6 Å². The Morgan fingerprint density at radius 3 is 2.65 bits per heavy atom. The van der Waals surface area contributed by atoms with E-state index in [0.717, 1.165) is 17.0 Å². The van der Waals surface area contributed by atoms with Crippen LogP contribution in [0.3, 0.4) is 0 Å². The van der Waals surface area contributed by atoms with E-state index < -0.39 is 0 Å². The molecule has 0 saturated carbocycles. The Bertz CT molecular complexity index is 797. The molecule has 3 rings (SSSR count). The normalized spacial score (nSPS) is 11.0. The van der Waals surface area contributed by atoms with Gasteiger partial charge in [0.1, 0.15) is 5.82 Å². The molecule has 0 unspecified atom stereocenters. The molecule has 0 fully saturated rings. The molecule has 0 bridgehead atoms. The maximum Gasteiger partial charge on any atom is 0.158 e. The van der Waals surface area contributed by atoms with Crippen molar-refractivity contribution in [2.24, 2.45) is 5.84 Å². The fourth-order valence-electron chi connectivity index (χ4n) is 2.00. The third-order valence-corrected chi connectivity index (χ3v) is 3.66. The average molecular weight is 308 g/mol. The van der Waals surface area contributed by atoms with Crippen LogP contribution in [0.25, 0.3) is 16.9 Å². The van der Waals surface area contributed by atoms with Crippen LogP contribution in [0.2, 0.25) is 10.0 Å². The zero-order chi connectivity index (χ0) is 14.3. The largest absolute Gasteiger partial charge is 0.308 e. The van der Waals surface area contributed by atoms with Gasteiger partial charge in [0, 0.05) is 23.4 Å². The van der Waals surface area contributed by atoms with E-state index in [-0.39, 0.29) is 0 Å². The van der Waals surface area contributed by atoms with Gasteiger partial charge in [0.2, 0.25) is 0 Å². The highest BCUT2D eigenvalue weighted by molar-refractivity contribution is 6.42. The molecule has 0 aliphatic carbocycles. The summed E-state index contributed by atoms with van der Waals surface area (Å²) >= 11 is 12.0. The van der Waals surface area contributed by atoms with Crippen LogP contribution in [0.1, 0.15) is 5.69 Å². The van der Waals surface area contributed by atoms with Gasteiger partial charge in [0.15, 0.2) is 5.65 Å². The van der Waals surface area contributed by atoms with Crippen LogP contribution < -0.4 is 11.3 Å². The second kappa shape index (κ2) is 4.94. The molecule has 0 atom stereocenters. The predicted octanol–water partition coefficient (Wildman–Crippen LogP) is 3.30. The summed E-state index contributed by atoms with van der Waals surface area (Å²) in [6.07, 6.45) is 0. The topological polar surface area (TPSA) is 68.2 Å². The van der Waals surface area contributed by atoms with E-state index in [9.17, 15) is 0 Å². The van der Waals surface area contributed by atoms with Gasteiger partial charge < -0.3 is 5.43 Å². The molecule has 5 nitrogen and oxygen atoms in total. The molecule has 0 amide bonds. The number of anilines is 1. The van der Waals surface area contributed by atoms with Gasteiger partial charge in [-0.05, 0) is 19.1 Å². The molecule has 20 heavy (non-hydrogen) atoms. The minimum atomic E-state index is 0.488. The molecule has 102 valence electrons. The highest BCUT2D eigenvalue weighted by Gasteiger charge is 2.10. The Labute approximate surface area is 125 Å². The molecule has 7 heteroatoms. The van der Waals surface area contributed by atoms with Gasteiger partial charge in [0.25, 0.3) is 0 Å². The summed E-state index contributed by atoms with van der Waals surface area (Å²) in [5, 5.41) is 5.48. The summed E-state index contributed by atoms with van der Waals surface area (Å²) in [6, 6.07) is 9.06. The monoisotopic (exact) mass is 307 g/mol. The molecular formula is C13H11Cl2N5. The van der Waals surface area contributed by atoms with Crippen molar-refractivity contribution in [2.75, 3.05) is 5.43 Å². The number of hydrazine groups is 1. The van der Waals surface area contributed by atoms with Crippen molar-refractivity contribution in [3.05, 3.63) is 46.1 Å². The number of hydrogen-bond acceptors (Lipinski definition) is 4. The Morgan fingerprint density at radius 1 is 1.15 bits per heavy atom. The third-order valence-electron chi connectivity index (χ3n) is 2.92. The first-order valence-electron chi connectivity index (χ1n) is 5.88. The number of aromatic nitrogens is 3. The molecule has 1 aromatic carbocycles. The quantitative estimate of drug-likeness (QED) is 0.563. The molecule has 0 spiro atoms. The lowest BCUT2D eigenvalue weighted by Crippen LogP contribution is -2.12. The van der Waals surface area contributed by atoms with Crippen molar-refractivity contribution >= 4 is 34.7 Å². The Balaban J connectivity index is 2.19. The van der Waals surface area contributed by atoms with Gasteiger partial charge in [-0.1, -0.05) is 29.3 Å². The number of benzene rings is 1. The van der Waals surface area contributed by atoms with Crippen molar-refractivity contribution in [1.29, 1.82) is 0 Å². The first kappa shape index (κ1) is 13.2. The lowest BCUT2D eigenvalue weighted by atomic mass is 10.1. The number of nitrogens with two attached hydrogens (primary N) is 1. The number of aryl methyl sites for hydroxylation is 1. The molecule has 0 saturated heterocycles. The Morgan fingerprint density at radius 2 is 1.95 bits per heavy atom. The van der Waals surface area contributed by atoms with Crippen molar-refractivity contribution < 1.29 is 0 Å². The summed E-state index contributed by atoms with van der Waals surface area (Å²) in [6.45, 7) is 1.90. The smallest absolute Gasteiger partial charge is 0.158 e. The second-order valence-electron chi connectivity index (χ2n) is 4.36. The fraction of sp³-hybridized carbons (Fsp3) is 0.0769. The number of rotatable bonds is 2. The van der Waals surface area contributed by atoms with E-state index in [1.165, 1.54) is 0 Å². The van der Waals surface area contributed by atoms with Crippen LogP contribution in [0, 0.1) is 6.92 Å². The maximum absolute atomic E-state index is 6.03. The van der Waals surface area contributed by atoms with Crippen molar-refractivity contribution in [3.63, 3.8) is 0 Å². The zero-order valence-electron chi connectivity index (χ0n) is 10.6. The lowest BCUT2D eigenvalue weighted by Gasteiger charge is -2.03.